The van der Waals surface area contributed by atoms with Gasteiger partial charge in [0.25, 0.3) is 0 Å². The summed E-state index contributed by atoms with van der Waals surface area (Å²) < 4.78 is 30.3. The highest BCUT2D eigenvalue weighted by atomic mass is 32.2. The van der Waals surface area contributed by atoms with Crippen molar-refractivity contribution >= 4 is 31.6 Å². The van der Waals surface area contributed by atoms with Gasteiger partial charge >= 0.3 is 4.87 Å². The van der Waals surface area contributed by atoms with E-state index in [9.17, 15) is 13.2 Å². The van der Waals surface area contributed by atoms with Gasteiger partial charge in [-0.05, 0) is 63.5 Å². The van der Waals surface area contributed by atoms with Crippen LogP contribution in [0.4, 0.5) is 0 Å². The molecule has 0 saturated carbocycles. The van der Waals surface area contributed by atoms with E-state index >= 15 is 0 Å². The van der Waals surface area contributed by atoms with Crippen molar-refractivity contribution in [3.63, 3.8) is 0 Å². The fourth-order valence-electron chi connectivity index (χ4n) is 3.60. The second-order valence-electron chi connectivity index (χ2n) is 7.16. The van der Waals surface area contributed by atoms with Gasteiger partial charge in [-0.1, -0.05) is 31.1 Å². The highest BCUT2D eigenvalue weighted by molar-refractivity contribution is 7.89. The molecule has 0 atom stereocenters. The van der Waals surface area contributed by atoms with E-state index in [-0.39, 0.29) is 9.77 Å². The molecule has 1 aromatic heterocycles. The molecule has 1 aromatic carbocycles. The number of nitrogens with zero attached hydrogens (tertiary/aromatic N) is 2. The van der Waals surface area contributed by atoms with E-state index in [1.807, 2.05) is 6.92 Å². The van der Waals surface area contributed by atoms with Crippen LogP contribution >= 0.6 is 11.3 Å². The van der Waals surface area contributed by atoms with Crippen molar-refractivity contribution < 1.29 is 8.42 Å². The van der Waals surface area contributed by atoms with Crippen LogP contribution in [-0.4, -0.2) is 44.1 Å². The summed E-state index contributed by atoms with van der Waals surface area (Å²) >= 11 is 1.11. The number of aromatic nitrogens is 1. The average molecular weight is 412 g/mol. The van der Waals surface area contributed by atoms with Crippen molar-refractivity contribution in [1.82, 2.24) is 14.2 Å². The van der Waals surface area contributed by atoms with Crippen LogP contribution in [0.1, 0.15) is 45.4 Å². The Labute approximate surface area is 165 Å². The maximum atomic E-state index is 12.6. The summed E-state index contributed by atoms with van der Waals surface area (Å²) in [7, 11) is -3.55. The van der Waals surface area contributed by atoms with Crippen molar-refractivity contribution in [3.8, 4) is 0 Å². The third-order valence-electron chi connectivity index (χ3n) is 5.04. The SMILES string of the molecule is CCCn1c(=O)sc2cc(S(=O)(=O)NCCCN3CCCCCC3)ccc21. The molecular formula is C19H29N3O3S2. The minimum Gasteiger partial charge on any atom is -0.303 e. The Bertz CT molecular complexity index is 910. The molecule has 150 valence electrons. The molecule has 2 aromatic rings. The molecule has 1 saturated heterocycles. The maximum absolute atomic E-state index is 12.6. The molecule has 0 radical (unpaired) electrons. The molecule has 1 fully saturated rings. The highest BCUT2D eigenvalue weighted by Crippen LogP contribution is 2.22. The number of aryl methyl sites for hydroxylation is 1. The van der Waals surface area contributed by atoms with Gasteiger partial charge in [0, 0.05) is 13.1 Å². The van der Waals surface area contributed by atoms with Crippen molar-refractivity contribution in [2.45, 2.75) is 56.9 Å². The van der Waals surface area contributed by atoms with E-state index in [1.54, 1.807) is 22.8 Å². The number of benzene rings is 1. The van der Waals surface area contributed by atoms with E-state index in [1.165, 1.54) is 25.7 Å². The van der Waals surface area contributed by atoms with Gasteiger partial charge in [0.15, 0.2) is 0 Å². The van der Waals surface area contributed by atoms with Gasteiger partial charge in [-0.15, -0.1) is 0 Å². The van der Waals surface area contributed by atoms with Gasteiger partial charge in [0.1, 0.15) is 0 Å². The molecule has 1 N–H and O–H groups in total. The highest BCUT2D eigenvalue weighted by Gasteiger charge is 2.17. The number of sulfonamides is 1. The quantitative estimate of drug-likeness (QED) is 0.678. The average Bonchev–Trinajstić information content (AvgIpc) is 2.81. The van der Waals surface area contributed by atoms with E-state index in [2.05, 4.69) is 9.62 Å². The molecule has 0 bridgehead atoms. The number of hydrogen-bond acceptors (Lipinski definition) is 5. The van der Waals surface area contributed by atoms with Crippen LogP contribution in [0, 0.1) is 0 Å². The Hall–Kier alpha value is -1.22. The first-order valence-corrected chi connectivity index (χ1v) is 12.2. The van der Waals surface area contributed by atoms with Gasteiger partial charge in [-0.3, -0.25) is 9.36 Å². The van der Waals surface area contributed by atoms with E-state index in [0.29, 0.717) is 13.1 Å². The summed E-state index contributed by atoms with van der Waals surface area (Å²) in [6.45, 7) is 6.28. The molecule has 6 nitrogen and oxygen atoms in total. The third kappa shape index (κ3) is 5.19. The van der Waals surface area contributed by atoms with Gasteiger partial charge < -0.3 is 4.90 Å². The number of thiazole rings is 1. The minimum absolute atomic E-state index is 0.0354. The van der Waals surface area contributed by atoms with Crippen LogP contribution < -0.4 is 9.60 Å². The number of likely N-dealkylation sites (tertiary alicyclic amines) is 1. The molecular weight excluding hydrogens is 382 g/mol. The van der Waals surface area contributed by atoms with Crippen LogP contribution in [-0.2, 0) is 16.6 Å². The Morgan fingerprint density at radius 2 is 1.85 bits per heavy atom. The largest absolute Gasteiger partial charge is 0.308 e. The maximum Gasteiger partial charge on any atom is 0.308 e. The first-order valence-electron chi connectivity index (χ1n) is 9.86. The summed E-state index contributed by atoms with van der Waals surface area (Å²) in [6, 6.07) is 4.96. The number of fused-ring (bicyclic) bond motifs is 1. The molecule has 27 heavy (non-hydrogen) atoms. The molecule has 0 aliphatic carbocycles. The topological polar surface area (TPSA) is 71.4 Å². The Morgan fingerprint density at radius 3 is 2.56 bits per heavy atom. The molecule has 0 unspecified atom stereocenters. The predicted octanol–water partition coefficient (Wildman–Crippen LogP) is 3.02. The standard InChI is InChI=1S/C19H29N3O3S2/c1-2-11-22-17-9-8-16(15-18(17)26-19(22)23)27(24,25)20-10-7-14-21-12-5-3-4-6-13-21/h8-9,15,20H,2-7,10-14H2,1H3. The van der Waals surface area contributed by atoms with E-state index in [0.717, 1.165) is 54.0 Å². The molecule has 1 aliphatic heterocycles. The van der Waals surface area contributed by atoms with E-state index < -0.39 is 10.0 Å². The zero-order valence-electron chi connectivity index (χ0n) is 15.9. The monoisotopic (exact) mass is 411 g/mol. The first-order chi connectivity index (χ1) is 13.0. The summed E-state index contributed by atoms with van der Waals surface area (Å²) in [5.74, 6) is 0. The van der Waals surface area contributed by atoms with Crippen LogP contribution in [0.5, 0.6) is 0 Å². The van der Waals surface area contributed by atoms with Crippen molar-refractivity contribution in [3.05, 3.63) is 27.9 Å². The van der Waals surface area contributed by atoms with Crippen LogP contribution in [0.25, 0.3) is 10.2 Å². The predicted molar refractivity (Wildman–Crippen MR) is 111 cm³/mol. The minimum atomic E-state index is -3.55. The van der Waals surface area contributed by atoms with Gasteiger partial charge in [-0.2, -0.15) is 0 Å². The van der Waals surface area contributed by atoms with Crippen LogP contribution in [0.2, 0.25) is 0 Å². The van der Waals surface area contributed by atoms with Gasteiger partial charge in [0.05, 0.1) is 15.1 Å². The Morgan fingerprint density at radius 1 is 1.11 bits per heavy atom. The molecule has 0 amide bonds. The molecule has 3 rings (SSSR count). The van der Waals surface area contributed by atoms with Crippen molar-refractivity contribution in [1.29, 1.82) is 0 Å². The number of nitrogens with one attached hydrogen (secondary N) is 1. The summed E-state index contributed by atoms with van der Waals surface area (Å²) in [5.41, 5.74) is 0.812. The third-order valence-corrected chi connectivity index (χ3v) is 7.44. The number of hydrogen-bond donors (Lipinski definition) is 1. The summed E-state index contributed by atoms with van der Waals surface area (Å²) in [4.78, 5) is 14.7. The molecule has 1 aliphatic rings. The van der Waals surface area contributed by atoms with Crippen molar-refractivity contribution in [2.75, 3.05) is 26.2 Å². The molecule has 2 heterocycles. The Kier molecular flexibility index (Phi) is 7.08. The second-order valence-corrected chi connectivity index (χ2v) is 9.92. The lowest BCUT2D eigenvalue weighted by molar-refractivity contribution is 0.282. The first kappa shape index (κ1) is 20.5. The van der Waals surface area contributed by atoms with Crippen LogP contribution in [0.3, 0.4) is 0 Å². The summed E-state index contributed by atoms with van der Waals surface area (Å²) in [6.07, 6.45) is 6.76. The lowest BCUT2D eigenvalue weighted by atomic mass is 10.2. The van der Waals surface area contributed by atoms with Gasteiger partial charge in [0.2, 0.25) is 10.0 Å². The van der Waals surface area contributed by atoms with Gasteiger partial charge in [-0.25, -0.2) is 13.1 Å². The normalized spacial score (nSPS) is 16.6. The van der Waals surface area contributed by atoms with E-state index in [4.69, 9.17) is 0 Å². The lowest BCUT2D eigenvalue weighted by Crippen LogP contribution is -2.30. The smallest absolute Gasteiger partial charge is 0.303 e. The fraction of sp³-hybridized carbons (Fsp3) is 0.632. The molecule has 0 spiro atoms. The lowest BCUT2D eigenvalue weighted by Gasteiger charge is -2.19. The van der Waals surface area contributed by atoms with Crippen molar-refractivity contribution in [2.24, 2.45) is 0 Å². The second kappa shape index (κ2) is 9.32. The zero-order valence-corrected chi connectivity index (χ0v) is 17.6. The fourth-order valence-corrected chi connectivity index (χ4v) is 5.73. The number of rotatable bonds is 8. The summed E-state index contributed by atoms with van der Waals surface area (Å²) in [5, 5.41) is 0. The molecule has 8 heteroatoms. The zero-order chi connectivity index (χ0) is 19.3. The Balaban J connectivity index is 1.61. The van der Waals surface area contributed by atoms with Crippen LogP contribution in [0.15, 0.2) is 27.9 Å².